The maximum Gasteiger partial charge on any atom is 0.255 e. The first-order chi connectivity index (χ1) is 9.58. The summed E-state index contributed by atoms with van der Waals surface area (Å²) < 4.78 is 0. The third kappa shape index (κ3) is 5.19. The van der Waals surface area contributed by atoms with Gasteiger partial charge in [-0.05, 0) is 30.9 Å². The van der Waals surface area contributed by atoms with Gasteiger partial charge in [0, 0.05) is 25.8 Å². The van der Waals surface area contributed by atoms with Gasteiger partial charge in [-0.3, -0.25) is 4.79 Å². The van der Waals surface area contributed by atoms with Crippen molar-refractivity contribution in [1.29, 1.82) is 0 Å². The minimum Gasteiger partial charge on any atom is -0.370 e. The molecule has 0 atom stereocenters. The summed E-state index contributed by atoms with van der Waals surface area (Å²) in [6.07, 6.45) is 3.63. The Labute approximate surface area is 122 Å². The average Bonchev–Trinajstić information content (AvgIpc) is 2.44. The normalized spacial score (nSPS) is 10.7. The Balaban J connectivity index is 2.68. The Morgan fingerprint density at radius 1 is 1.25 bits per heavy atom. The molecular formula is C16H27N3O. The van der Waals surface area contributed by atoms with Gasteiger partial charge in [-0.1, -0.05) is 27.7 Å². The van der Waals surface area contributed by atoms with Gasteiger partial charge in [0.2, 0.25) is 0 Å². The molecule has 0 spiro atoms. The zero-order valence-corrected chi connectivity index (χ0v) is 13.1. The summed E-state index contributed by atoms with van der Waals surface area (Å²) >= 11 is 0. The van der Waals surface area contributed by atoms with Crippen LogP contribution >= 0.6 is 0 Å². The molecule has 1 aromatic rings. The van der Waals surface area contributed by atoms with E-state index in [0.29, 0.717) is 11.5 Å². The Morgan fingerprint density at radius 2 is 1.90 bits per heavy atom. The Bertz CT molecular complexity index is 395. The number of carbonyl (C=O) groups excluding carboxylic acids is 1. The maximum atomic E-state index is 12.4. The van der Waals surface area contributed by atoms with E-state index in [4.69, 9.17) is 0 Å². The van der Waals surface area contributed by atoms with Crippen molar-refractivity contribution in [3.8, 4) is 0 Å². The first-order valence-corrected chi connectivity index (χ1v) is 7.57. The summed E-state index contributed by atoms with van der Waals surface area (Å²) in [5.41, 5.74) is 0.669. The topological polar surface area (TPSA) is 45.2 Å². The zero-order chi connectivity index (χ0) is 15.0. The zero-order valence-electron chi connectivity index (χ0n) is 13.1. The van der Waals surface area contributed by atoms with Crippen LogP contribution in [0.5, 0.6) is 0 Å². The molecule has 0 radical (unpaired) electrons. The van der Waals surface area contributed by atoms with Crippen LogP contribution in [-0.4, -0.2) is 35.4 Å². The number of anilines is 1. The third-order valence-electron chi connectivity index (χ3n) is 2.98. The third-order valence-corrected chi connectivity index (χ3v) is 2.98. The second-order valence-electron chi connectivity index (χ2n) is 5.50. The van der Waals surface area contributed by atoms with Crippen molar-refractivity contribution in [3.63, 3.8) is 0 Å². The van der Waals surface area contributed by atoms with Gasteiger partial charge in [0.1, 0.15) is 5.82 Å². The fourth-order valence-electron chi connectivity index (χ4n) is 1.97. The van der Waals surface area contributed by atoms with E-state index in [-0.39, 0.29) is 5.91 Å². The molecule has 0 saturated heterocycles. The highest BCUT2D eigenvalue weighted by molar-refractivity contribution is 5.94. The number of aromatic nitrogens is 1. The van der Waals surface area contributed by atoms with Crippen molar-refractivity contribution in [3.05, 3.63) is 23.9 Å². The first-order valence-electron chi connectivity index (χ1n) is 7.57. The van der Waals surface area contributed by atoms with Crippen molar-refractivity contribution in [1.82, 2.24) is 9.88 Å². The summed E-state index contributed by atoms with van der Waals surface area (Å²) in [6, 6.07) is 3.74. The Kier molecular flexibility index (Phi) is 7.05. The van der Waals surface area contributed by atoms with E-state index in [9.17, 15) is 4.79 Å². The van der Waals surface area contributed by atoms with E-state index in [1.165, 1.54) is 0 Å². The number of carbonyl (C=O) groups is 1. The summed E-state index contributed by atoms with van der Waals surface area (Å²) in [5, 5.41) is 3.25. The molecule has 0 unspecified atom stereocenters. The lowest BCUT2D eigenvalue weighted by atomic mass is 10.2. The monoisotopic (exact) mass is 277 g/mol. The molecule has 4 heteroatoms. The van der Waals surface area contributed by atoms with E-state index in [2.05, 4.69) is 38.0 Å². The smallest absolute Gasteiger partial charge is 0.255 e. The van der Waals surface area contributed by atoms with E-state index < -0.39 is 0 Å². The molecule has 20 heavy (non-hydrogen) atoms. The van der Waals surface area contributed by atoms with E-state index >= 15 is 0 Å². The van der Waals surface area contributed by atoms with Gasteiger partial charge in [0.15, 0.2) is 0 Å². The summed E-state index contributed by atoms with van der Waals surface area (Å²) in [6.45, 7) is 11.0. The average molecular weight is 277 g/mol. The summed E-state index contributed by atoms with van der Waals surface area (Å²) in [4.78, 5) is 18.6. The van der Waals surface area contributed by atoms with Crippen LogP contribution < -0.4 is 5.32 Å². The molecule has 1 N–H and O–H groups in total. The van der Waals surface area contributed by atoms with Gasteiger partial charge >= 0.3 is 0 Å². The molecule has 0 aliphatic carbocycles. The molecule has 0 aliphatic rings. The number of amides is 1. The number of hydrogen-bond acceptors (Lipinski definition) is 3. The maximum absolute atomic E-state index is 12.4. The van der Waals surface area contributed by atoms with Crippen LogP contribution in [0.25, 0.3) is 0 Å². The lowest BCUT2D eigenvalue weighted by Gasteiger charge is -2.21. The highest BCUT2D eigenvalue weighted by Crippen LogP contribution is 2.09. The van der Waals surface area contributed by atoms with Crippen molar-refractivity contribution in [2.24, 2.45) is 5.92 Å². The van der Waals surface area contributed by atoms with Crippen LogP contribution in [0.1, 0.15) is 50.9 Å². The largest absolute Gasteiger partial charge is 0.370 e. The lowest BCUT2D eigenvalue weighted by molar-refractivity contribution is 0.0755. The molecule has 112 valence electrons. The van der Waals surface area contributed by atoms with Crippen LogP contribution in [0.2, 0.25) is 0 Å². The van der Waals surface area contributed by atoms with Crippen molar-refractivity contribution in [2.45, 2.75) is 40.5 Å². The summed E-state index contributed by atoms with van der Waals surface area (Å²) in [7, 11) is 0. The molecule has 0 aromatic carbocycles. The van der Waals surface area contributed by atoms with E-state index in [1.54, 1.807) is 6.20 Å². The van der Waals surface area contributed by atoms with Gasteiger partial charge in [0.25, 0.3) is 5.91 Å². The Hall–Kier alpha value is -1.58. The number of hydrogen-bond donors (Lipinski definition) is 1. The first kappa shape index (κ1) is 16.5. The van der Waals surface area contributed by atoms with Crippen LogP contribution in [0.4, 0.5) is 5.82 Å². The quantitative estimate of drug-likeness (QED) is 0.792. The fourth-order valence-corrected chi connectivity index (χ4v) is 1.97. The molecule has 0 fully saturated rings. The number of nitrogens with zero attached hydrogens (tertiary/aromatic N) is 2. The predicted molar refractivity (Wildman–Crippen MR) is 84.1 cm³/mol. The van der Waals surface area contributed by atoms with Crippen molar-refractivity contribution in [2.75, 3.05) is 25.0 Å². The SMILES string of the molecule is CCCN(CCC)C(=O)c1ccc(NCC(C)C)nc1. The molecule has 1 aromatic heterocycles. The predicted octanol–water partition coefficient (Wildman–Crippen LogP) is 3.41. The number of pyridine rings is 1. The second kappa shape index (κ2) is 8.56. The van der Waals surface area contributed by atoms with Crippen molar-refractivity contribution < 1.29 is 4.79 Å². The molecule has 4 nitrogen and oxygen atoms in total. The Morgan fingerprint density at radius 3 is 2.35 bits per heavy atom. The van der Waals surface area contributed by atoms with Crippen molar-refractivity contribution >= 4 is 11.7 Å². The number of rotatable bonds is 8. The highest BCUT2D eigenvalue weighted by atomic mass is 16.2. The second-order valence-corrected chi connectivity index (χ2v) is 5.50. The van der Waals surface area contributed by atoms with E-state index in [1.807, 2.05) is 17.0 Å². The summed E-state index contributed by atoms with van der Waals surface area (Å²) in [5.74, 6) is 1.48. The van der Waals surface area contributed by atoms with Crippen LogP contribution in [0.3, 0.4) is 0 Å². The number of nitrogens with one attached hydrogen (secondary N) is 1. The molecule has 1 amide bonds. The van der Waals surface area contributed by atoms with Gasteiger partial charge < -0.3 is 10.2 Å². The lowest BCUT2D eigenvalue weighted by Crippen LogP contribution is -2.32. The van der Waals surface area contributed by atoms with Crippen LogP contribution in [0.15, 0.2) is 18.3 Å². The van der Waals surface area contributed by atoms with E-state index in [0.717, 1.165) is 38.3 Å². The highest BCUT2D eigenvalue weighted by Gasteiger charge is 2.14. The standard InChI is InChI=1S/C16H27N3O/c1-5-9-19(10-6-2)16(20)14-7-8-15(18-12-14)17-11-13(3)4/h7-8,12-13H,5-6,9-11H2,1-4H3,(H,17,18). The van der Waals surface area contributed by atoms with Crippen LogP contribution in [0, 0.1) is 5.92 Å². The van der Waals surface area contributed by atoms with Gasteiger partial charge in [-0.25, -0.2) is 4.98 Å². The minimum atomic E-state index is 0.0802. The molecule has 0 aliphatic heterocycles. The van der Waals surface area contributed by atoms with Gasteiger partial charge in [0.05, 0.1) is 5.56 Å². The molecule has 0 bridgehead atoms. The molecule has 1 rings (SSSR count). The molecule has 1 heterocycles. The minimum absolute atomic E-state index is 0.0802. The molecular weight excluding hydrogens is 250 g/mol. The van der Waals surface area contributed by atoms with Crippen LogP contribution in [-0.2, 0) is 0 Å². The molecule has 0 saturated carbocycles. The van der Waals surface area contributed by atoms with Gasteiger partial charge in [-0.15, -0.1) is 0 Å². The fraction of sp³-hybridized carbons (Fsp3) is 0.625. The van der Waals surface area contributed by atoms with Gasteiger partial charge in [-0.2, -0.15) is 0 Å².